The summed E-state index contributed by atoms with van der Waals surface area (Å²) in [6.07, 6.45) is 0. The highest BCUT2D eigenvalue weighted by molar-refractivity contribution is 8.00. The second-order valence-electron chi connectivity index (χ2n) is 5.80. The summed E-state index contributed by atoms with van der Waals surface area (Å²) in [5.41, 5.74) is 1.02. The number of benzene rings is 2. The summed E-state index contributed by atoms with van der Waals surface area (Å²) >= 11 is 1.46. The summed E-state index contributed by atoms with van der Waals surface area (Å²) in [5, 5.41) is 5.70. The number of amides is 2. The third-order valence-corrected chi connectivity index (χ3v) is 4.24. The SMILES string of the molecule is CC(C)CNC(=O)c1ccccc1NC(=O)CSc1ccccc1. The molecule has 0 radical (unpaired) electrons. The maximum Gasteiger partial charge on any atom is 0.253 e. The molecule has 2 aromatic rings. The summed E-state index contributed by atoms with van der Waals surface area (Å²) in [7, 11) is 0. The van der Waals surface area contributed by atoms with Gasteiger partial charge in [0.2, 0.25) is 5.91 Å². The van der Waals surface area contributed by atoms with Crippen molar-refractivity contribution in [3.8, 4) is 0 Å². The molecule has 4 nitrogen and oxygen atoms in total. The molecule has 0 spiro atoms. The molecule has 0 aliphatic heterocycles. The van der Waals surface area contributed by atoms with Crippen molar-refractivity contribution in [2.24, 2.45) is 5.92 Å². The first-order valence-corrected chi connectivity index (χ1v) is 8.89. The molecule has 0 heterocycles. The lowest BCUT2D eigenvalue weighted by molar-refractivity contribution is -0.113. The van der Waals surface area contributed by atoms with E-state index in [1.165, 1.54) is 11.8 Å². The summed E-state index contributed by atoms with van der Waals surface area (Å²) in [6, 6.07) is 16.8. The summed E-state index contributed by atoms with van der Waals surface area (Å²) in [6.45, 7) is 4.68. The van der Waals surface area contributed by atoms with Gasteiger partial charge in [0.1, 0.15) is 0 Å². The highest BCUT2D eigenvalue weighted by Crippen LogP contribution is 2.19. The Hall–Kier alpha value is -2.27. The van der Waals surface area contributed by atoms with Crippen LogP contribution in [0, 0.1) is 5.92 Å². The van der Waals surface area contributed by atoms with Crippen LogP contribution in [0.4, 0.5) is 5.69 Å². The smallest absolute Gasteiger partial charge is 0.253 e. The van der Waals surface area contributed by atoms with E-state index in [0.29, 0.717) is 29.5 Å². The van der Waals surface area contributed by atoms with E-state index in [-0.39, 0.29) is 11.8 Å². The van der Waals surface area contributed by atoms with Crippen LogP contribution < -0.4 is 10.6 Å². The number of carbonyl (C=O) groups excluding carboxylic acids is 2. The molecule has 0 saturated heterocycles. The van der Waals surface area contributed by atoms with Gasteiger partial charge < -0.3 is 10.6 Å². The normalized spacial score (nSPS) is 10.5. The molecule has 0 aliphatic rings. The first-order valence-electron chi connectivity index (χ1n) is 7.91. The molecule has 2 N–H and O–H groups in total. The molecule has 0 fully saturated rings. The molecule has 0 aromatic heterocycles. The fraction of sp³-hybridized carbons (Fsp3) is 0.263. The lowest BCUT2D eigenvalue weighted by Crippen LogP contribution is -2.28. The molecule has 0 unspecified atom stereocenters. The van der Waals surface area contributed by atoms with Gasteiger partial charge in [0, 0.05) is 11.4 Å². The fourth-order valence-electron chi connectivity index (χ4n) is 2.03. The van der Waals surface area contributed by atoms with E-state index in [1.807, 2.05) is 44.2 Å². The molecular weight excluding hydrogens is 320 g/mol. The number of nitrogens with one attached hydrogen (secondary N) is 2. The van der Waals surface area contributed by atoms with Crippen molar-refractivity contribution in [3.05, 3.63) is 60.2 Å². The van der Waals surface area contributed by atoms with Gasteiger partial charge >= 0.3 is 0 Å². The zero-order valence-electron chi connectivity index (χ0n) is 13.9. The van der Waals surface area contributed by atoms with Gasteiger partial charge in [0.15, 0.2) is 0 Å². The van der Waals surface area contributed by atoms with Crippen molar-refractivity contribution in [1.82, 2.24) is 5.32 Å². The molecule has 2 aromatic carbocycles. The van der Waals surface area contributed by atoms with Crippen LogP contribution in [-0.2, 0) is 4.79 Å². The number of rotatable bonds is 7. The van der Waals surface area contributed by atoms with Gasteiger partial charge in [-0.2, -0.15) is 0 Å². The zero-order chi connectivity index (χ0) is 17.4. The number of carbonyl (C=O) groups is 2. The minimum Gasteiger partial charge on any atom is -0.352 e. The van der Waals surface area contributed by atoms with E-state index >= 15 is 0 Å². The predicted molar refractivity (Wildman–Crippen MR) is 99.4 cm³/mol. The maximum atomic E-state index is 12.3. The lowest BCUT2D eigenvalue weighted by Gasteiger charge is -2.12. The van der Waals surface area contributed by atoms with Crippen LogP contribution in [0.25, 0.3) is 0 Å². The van der Waals surface area contributed by atoms with E-state index in [4.69, 9.17) is 0 Å². The van der Waals surface area contributed by atoms with E-state index in [1.54, 1.807) is 24.3 Å². The second kappa shape index (κ2) is 9.13. The van der Waals surface area contributed by atoms with Gasteiger partial charge in [-0.05, 0) is 30.2 Å². The maximum absolute atomic E-state index is 12.3. The van der Waals surface area contributed by atoms with Gasteiger partial charge in [0.05, 0.1) is 17.0 Å². The Morgan fingerprint density at radius 2 is 1.67 bits per heavy atom. The largest absolute Gasteiger partial charge is 0.352 e. The minimum atomic E-state index is -0.171. The van der Waals surface area contributed by atoms with Crippen molar-refractivity contribution >= 4 is 29.3 Å². The van der Waals surface area contributed by atoms with Crippen LogP contribution >= 0.6 is 11.8 Å². The Labute approximate surface area is 147 Å². The van der Waals surface area contributed by atoms with Gasteiger partial charge in [-0.1, -0.05) is 44.2 Å². The molecule has 2 rings (SSSR count). The molecule has 126 valence electrons. The van der Waals surface area contributed by atoms with Crippen LogP contribution in [-0.4, -0.2) is 24.1 Å². The number of anilines is 1. The van der Waals surface area contributed by atoms with Gasteiger partial charge in [-0.3, -0.25) is 9.59 Å². The number of hydrogen-bond donors (Lipinski definition) is 2. The van der Waals surface area contributed by atoms with E-state index in [9.17, 15) is 9.59 Å². The quantitative estimate of drug-likeness (QED) is 0.753. The van der Waals surface area contributed by atoms with Crippen LogP contribution in [0.3, 0.4) is 0 Å². The molecule has 0 atom stereocenters. The average molecular weight is 342 g/mol. The number of thioether (sulfide) groups is 1. The Kier molecular flexibility index (Phi) is 6.88. The highest BCUT2D eigenvalue weighted by atomic mass is 32.2. The van der Waals surface area contributed by atoms with Crippen LogP contribution in [0.15, 0.2) is 59.5 Å². The molecular formula is C19H22N2O2S. The highest BCUT2D eigenvalue weighted by Gasteiger charge is 2.13. The number of hydrogen-bond acceptors (Lipinski definition) is 3. The van der Waals surface area contributed by atoms with Gasteiger partial charge in [0.25, 0.3) is 5.91 Å². The third-order valence-electron chi connectivity index (χ3n) is 3.23. The zero-order valence-corrected chi connectivity index (χ0v) is 14.7. The first-order chi connectivity index (χ1) is 11.6. The van der Waals surface area contributed by atoms with E-state index < -0.39 is 0 Å². The second-order valence-corrected chi connectivity index (χ2v) is 6.85. The Morgan fingerprint density at radius 1 is 1.00 bits per heavy atom. The predicted octanol–water partition coefficient (Wildman–Crippen LogP) is 3.80. The van der Waals surface area contributed by atoms with Crippen LogP contribution in [0.2, 0.25) is 0 Å². The van der Waals surface area contributed by atoms with Gasteiger partial charge in [-0.15, -0.1) is 11.8 Å². The van der Waals surface area contributed by atoms with E-state index in [0.717, 1.165) is 4.90 Å². The van der Waals surface area contributed by atoms with Gasteiger partial charge in [-0.25, -0.2) is 0 Å². The fourth-order valence-corrected chi connectivity index (χ4v) is 2.75. The molecule has 24 heavy (non-hydrogen) atoms. The standard InChI is InChI=1S/C19H22N2O2S/c1-14(2)12-20-19(23)16-10-6-7-11-17(16)21-18(22)13-24-15-8-4-3-5-9-15/h3-11,14H,12-13H2,1-2H3,(H,20,23)(H,21,22). The molecule has 5 heteroatoms. The first kappa shape index (κ1) is 18.1. The minimum absolute atomic E-state index is 0.132. The average Bonchev–Trinajstić information content (AvgIpc) is 2.59. The van der Waals surface area contributed by atoms with Crippen LogP contribution in [0.1, 0.15) is 24.2 Å². The molecule has 0 aliphatic carbocycles. The topological polar surface area (TPSA) is 58.2 Å². The van der Waals surface area contributed by atoms with Crippen molar-refractivity contribution in [1.29, 1.82) is 0 Å². The lowest BCUT2D eigenvalue weighted by atomic mass is 10.1. The summed E-state index contributed by atoms with van der Waals surface area (Å²) in [5.74, 6) is 0.368. The molecule has 0 saturated carbocycles. The Bertz CT molecular complexity index is 687. The van der Waals surface area contributed by atoms with Crippen molar-refractivity contribution in [2.45, 2.75) is 18.7 Å². The summed E-state index contributed by atoms with van der Waals surface area (Å²) < 4.78 is 0. The van der Waals surface area contributed by atoms with Crippen molar-refractivity contribution in [2.75, 3.05) is 17.6 Å². The van der Waals surface area contributed by atoms with Crippen molar-refractivity contribution < 1.29 is 9.59 Å². The summed E-state index contributed by atoms with van der Waals surface area (Å²) in [4.78, 5) is 25.5. The van der Waals surface area contributed by atoms with E-state index in [2.05, 4.69) is 10.6 Å². The van der Waals surface area contributed by atoms with Crippen molar-refractivity contribution in [3.63, 3.8) is 0 Å². The monoisotopic (exact) mass is 342 g/mol. The Morgan fingerprint density at radius 3 is 2.38 bits per heavy atom. The third kappa shape index (κ3) is 5.74. The molecule has 0 bridgehead atoms. The number of para-hydroxylation sites is 1. The van der Waals surface area contributed by atoms with Crippen LogP contribution in [0.5, 0.6) is 0 Å². The molecule has 2 amide bonds. The Balaban J connectivity index is 1.96.